The lowest BCUT2D eigenvalue weighted by Crippen LogP contribution is -2.06. The van der Waals surface area contributed by atoms with Gasteiger partial charge in [0.25, 0.3) is 0 Å². The number of benzene rings is 3. The minimum Gasteiger partial charge on any atom is -0.507 e. The lowest BCUT2D eigenvalue weighted by molar-refractivity contribution is 0.339. The van der Waals surface area contributed by atoms with Crippen LogP contribution >= 0.6 is 0 Å². The van der Waals surface area contributed by atoms with Gasteiger partial charge in [0.15, 0.2) is 28.8 Å². The van der Waals surface area contributed by atoms with E-state index >= 15 is 0 Å². The van der Waals surface area contributed by atoms with Gasteiger partial charge in [-0.2, -0.15) is 0 Å². The van der Waals surface area contributed by atoms with Crippen LogP contribution in [0, 0.1) is 0 Å². The second-order valence-electron chi connectivity index (χ2n) is 7.84. The third kappa shape index (κ3) is 3.74. The standard InChI is InChI=1S/C25H22O10/c1-10(12-7-17(33-2)21(29)18(8-12)34-3)19-15(28)9-16-20(22(19)30)23(31)24(32)25(35-16)11-4-5-13(26)14(27)6-11/h4-10,26-30,32H,1-3H3. The summed E-state index contributed by atoms with van der Waals surface area (Å²) in [5.74, 6) is -3.83. The van der Waals surface area contributed by atoms with Gasteiger partial charge in [0.1, 0.15) is 22.5 Å². The van der Waals surface area contributed by atoms with Crippen LogP contribution in [-0.4, -0.2) is 44.9 Å². The van der Waals surface area contributed by atoms with Crippen molar-refractivity contribution < 1.29 is 44.5 Å². The third-order valence-electron chi connectivity index (χ3n) is 5.82. The fourth-order valence-electron chi connectivity index (χ4n) is 3.94. The highest BCUT2D eigenvalue weighted by atomic mass is 16.5. The Kier molecular flexibility index (Phi) is 5.73. The van der Waals surface area contributed by atoms with Gasteiger partial charge in [-0.15, -0.1) is 0 Å². The van der Waals surface area contributed by atoms with E-state index in [4.69, 9.17) is 13.9 Å². The van der Waals surface area contributed by atoms with E-state index in [1.807, 2.05) is 0 Å². The van der Waals surface area contributed by atoms with Crippen LogP contribution < -0.4 is 14.9 Å². The molecule has 1 atom stereocenters. The van der Waals surface area contributed by atoms with Crippen LogP contribution in [0.15, 0.2) is 45.6 Å². The topological polar surface area (TPSA) is 170 Å². The lowest BCUT2D eigenvalue weighted by Gasteiger charge is -2.19. The zero-order chi connectivity index (χ0) is 25.6. The smallest absolute Gasteiger partial charge is 0.238 e. The molecule has 6 N–H and O–H groups in total. The molecule has 0 amide bonds. The molecule has 0 saturated carbocycles. The van der Waals surface area contributed by atoms with Crippen molar-refractivity contribution in [1.29, 1.82) is 0 Å². The maximum absolute atomic E-state index is 13.0. The number of methoxy groups -OCH3 is 2. The summed E-state index contributed by atoms with van der Waals surface area (Å²) in [7, 11) is 2.71. The van der Waals surface area contributed by atoms with E-state index in [1.54, 1.807) is 6.92 Å². The second kappa shape index (κ2) is 8.56. The summed E-state index contributed by atoms with van der Waals surface area (Å²) >= 11 is 0. The molecule has 0 saturated heterocycles. The van der Waals surface area contributed by atoms with E-state index in [-0.39, 0.29) is 45.1 Å². The van der Waals surface area contributed by atoms with E-state index in [2.05, 4.69) is 0 Å². The number of aromatic hydroxyl groups is 6. The van der Waals surface area contributed by atoms with Crippen LogP contribution in [0.4, 0.5) is 0 Å². The number of phenols is 5. The summed E-state index contributed by atoms with van der Waals surface area (Å²) in [6.45, 7) is 1.64. The molecular formula is C25H22O10. The molecule has 35 heavy (non-hydrogen) atoms. The van der Waals surface area contributed by atoms with Crippen LogP contribution in [0.3, 0.4) is 0 Å². The number of rotatable bonds is 5. The van der Waals surface area contributed by atoms with Gasteiger partial charge in [-0.3, -0.25) is 4.79 Å². The first-order chi connectivity index (χ1) is 16.6. The number of fused-ring (bicyclic) bond motifs is 1. The van der Waals surface area contributed by atoms with Crippen LogP contribution in [0.25, 0.3) is 22.3 Å². The summed E-state index contributed by atoms with van der Waals surface area (Å²) in [4.78, 5) is 13.0. The highest BCUT2D eigenvalue weighted by Gasteiger charge is 2.27. The Bertz CT molecular complexity index is 1490. The maximum Gasteiger partial charge on any atom is 0.238 e. The van der Waals surface area contributed by atoms with Gasteiger partial charge in [-0.1, -0.05) is 6.92 Å². The molecule has 1 heterocycles. The first kappa shape index (κ1) is 23.4. The summed E-state index contributed by atoms with van der Waals surface area (Å²) in [5, 5.41) is 61.4. The highest BCUT2D eigenvalue weighted by molar-refractivity contribution is 5.90. The average Bonchev–Trinajstić information content (AvgIpc) is 2.82. The molecule has 1 aromatic heterocycles. The zero-order valence-electron chi connectivity index (χ0n) is 18.9. The first-order valence-electron chi connectivity index (χ1n) is 10.3. The molecular weight excluding hydrogens is 460 g/mol. The minimum atomic E-state index is -0.972. The lowest BCUT2D eigenvalue weighted by atomic mass is 9.89. The summed E-state index contributed by atoms with van der Waals surface area (Å²) in [5.41, 5.74) is -0.667. The Balaban J connectivity index is 1.93. The molecule has 0 aliphatic carbocycles. The number of phenolic OH excluding ortho intramolecular Hbond substituents is 5. The van der Waals surface area contributed by atoms with Gasteiger partial charge < -0.3 is 44.5 Å². The quantitative estimate of drug-likeness (QED) is 0.230. The molecule has 10 nitrogen and oxygen atoms in total. The van der Waals surface area contributed by atoms with Crippen molar-refractivity contribution in [2.75, 3.05) is 14.2 Å². The highest BCUT2D eigenvalue weighted by Crippen LogP contribution is 2.46. The number of ether oxygens (including phenoxy) is 2. The predicted molar refractivity (Wildman–Crippen MR) is 125 cm³/mol. The van der Waals surface area contributed by atoms with Crippen molar-refractivity contribution in [2.45, 2.75) is 12.8 Å². The number of hydrogen-bond acceptors (Lipinski definition) is 10. The van der Waals surface area contributed by atoms with Crippen LogP contribution in [-0.2, 0) is 0 Å². The zero-order valence-corrected chi connectivity index (χ0v) is 18.9. The van der Waals surface area contributed by atoms with Crippen molar-refractivity contribution in [3.8, 4) is 57.3 Å². The number of hydrogen-bond donors (Lipinski definition) is 6. The maximum atomic E-state index is 13.0. The molecule has 0 spiro atoms. The summed E-state index contributed by atoms with van der Waals surface area (Å²) in [6, 6.07) is 7.65. The van der Waals surface area contributed by atoms with Gasteiger partial charge >= 0.3 is 0 Å². The van der Waals surface area contributed by atoms with Gasteiger partial charge in [0.2, 0.25) is 16.9 Å². The van der Waals surface area contributed by atoms with Gasteiger partial charge in [0.05, 0.1) is 14.2 Å². The first-order valence-corrected chi connectivity index (χ1v) is 10.3. The molecule has 182 valence electrons. The monoisotopic (exact) mass is 482 g/mol. The molecule has 1 unspecified atom stereocenters. The Morgan fingerprint density at radius 3 is 1.97 bits per heavy atom. The fraction of sp³-hybridized carbons (Fsp3) is 0.160. The van der Waals surface area contributed by atoms with Gasteiger partial charge in [-0.25, -0.2) is 0 Å². The Labute approximate surface area is 198 Å². The van der Waals surface area contributed by atoms with Crippen LogP contribution in [0.5, 0.6) is 46.0 Å². The largest absolute Gasteiger partial charge is 0.507 e. The van der Waals surface area contributed by atoms with E-state index in [9.17, 15) is 35.4 Å². The van der Waals surface area contributed by atoms with Gasteiger partial charge in [0, 0.05) is 23.1 Å². The Hall–Kier alpha value is -4.73. The van der Waals surface area contributed by atoms with Crippen molar-refractivity contribution in [3.63, 3.8) is 0 Å². The Morgan fingerprint density at radius 2 is 1.40 bits per heavy atom. The van der Waals surface area contributed by atoms with E-state index in [0.717, 1.165) is 18.2 Å². The summed E-state index contributed by atoms with van der Waals surface area (Å²) in [6.07, 6.45) is 0. The average molecular weight is 482 g/mol. The minimum absolute atomic E-state index is 0.0333. The normalized spacial score (nSPS) is 12.0. The Morgan fingerprint density at radius 1 is 0.771 bits per heavy atom. The second-order valence-corrected chi connectivity index (χ2v) is 7.84. The molecule has 0 bridgehead atoms. The van der Waals surface area contributed by atoms with E-state index in [1.165, 1.54) is 32.4 Å². The van der Waals surface area contributed by atoms with E-state index in [0.29, 0.717) is 5.56 Å². The fourth-order valence-corrected chi connectivity index (χ4v) is 3.94. The molecule has 0 radical (unpaired) electrons. The van der Waals surface area contributed by atoms with E-state index < -0.39 is 40.1 Å². The molecule has 10 heteroatoms. The van der Waals surface area contributed by atoms with Gasteiger partial charge in [-0.05, 0) is 35.9 Å². The molecule has 0 aliphatic heterocycles. The molecule has 4 aromatic rings. The van der Waals surface area contributed by atoms with Crippen molar-refractivity contribution in [2.24, 2.45) is 0 Å². The molecule has 0 fully saturated rings. The van der Waals surface area contributed by atoms with Crippen molar-refractivity contribution in [3.05, 3.63) is 57.7 Å². The molecule has 3 aromatic carbocycles. The predicted octanol–water partition coefficient (Wildman–Crippen LogP) is 3.86. The molecule has 4 rings (SSSR count). The van der Waals surface area contributed by atoms with Crippen LogP contribution in [0.2, 0.25) is 0 Å². The van der Waals surface area contributed by atoms with Crippen molar-refractivity contribution in [1.82, 2.24) is 0 Å². The third-order valence-corrected chi connectivity index (χ3v) is 5.82. The molecule has 0 aliphatic rings. The van der Waals surface area contributed by atoms with Crippen LogP contribution in [0.1, 0.15) is 24.0 Å². The summed E-state index contributed by atoms with van der Waals surface area (Å²) < 4.78 is 15.9. The SMILES string of the molecule is COc1cc(C(C)c2c(O)cc3oc(-c4ccc(O)c(O)c4)c(O)c(=O)c3c2O)cc(OC)c1O. The van der Waals surface area contributed by atoms with Crippen molar-refractivity contribution >= 4 is 11.0 Å².